The number of carboxylic acids is 1. The molecular formula is C6H11O2S+. The van der Waals surface area contributed by atoms with Gasteiger partial charge in [-0.1, -0.05) is 0 Å². The summed E-state index contributed by atoms with van der Waals surface area (Å²) in [6, 6.07) is 0. The number of hydrogen-bond acceptors (Lipinski definition) is 1. The van der Waals surface area contributed by atoms with Crippen molar-refractivity contribution in [3.05, 3.63) is 0 Å². The molecule has 1 aliphatic rings. The minimum atomic E-state index is -0.599. The molecule has 0 aromatic rings. The number of carboxylic acid groups (broad SMARTS) is 1. The van der Waals surface area contributed by atoms with Crippen LogP contribution in [0.1, 0.15) is 12.8 Å². The van der Waals surface area contributed by atoms with Crippen molar-refractivity contribution in [2.75, 3.05) is 12.0 Å². The lowest BCUT2D eigenvalue weighted by atomic mass is 10.3. The average molecular weight is 147 g/mol. The van der Waals surface area contributed by atoms with E-state index in [9.17, 15) is 4.79 Å². The van der Waals surface area contributed by atoms with Crippen molar-refractivity contribution >= 4 is 16.9 Å². The van der Waals surface area contributed by atoms with Crippen LogP contribution in [0.15, 0.2) is 0 Å². The topological polar surface area (TPSA) is 37.3 Å². The Morgan fingerprint density at radius 3 is 2.67 bits per heavy atom. The van der Waals surface area contributed by atoms with Crippen LogP contribution in [0.2, 0.25) is 0 Å². The minimum Gasteiger partial charge on any atom is -0.478 e. The van der Waals surface area contributed by atoms with E-state index < -0.39 is 5.97 Å². The summed E-state index contributed by atoms with van der Waals surface area (Å²) >= 11 is 0. The Balaban J connectivity index is 2.49. The van der Waals surface area contributed by atoms with Gasteiger partial charge in [0.25, 0.3) is 0 Å². The molecular weight excluding hydrogens is 136 g/mol. The second-order valence-electron chi connectivity index (χ2n) is 2.36. The van der Waals surface area contributed by atoms with Gasteiger partial charge in [0.05, 0.1) is 6.26 Å². The molecule has 1 aliphatic heterocycles. The van der Waals surface area contributed by atoms with Crippen molar-refractivity contribution in [1.82, 2.24) is 0 Å². The second-order valence-corrected chi connectivity index (χ2v) is 4.72. The Morgan fingerprint density at radius 1 is 1.78 bits per heavy atom. The number of carbonyl (C=O) groups is 1. The highest BCUT2D eigenvalue weighted by Gasteiger charge is 2.37. The first kappa shape index (κ1) is 6.93. The number of aliphatic carboxylic acids is 1. The standard InChI is InChI=1S/C6H10O2S/c1-9-4-2-3-5(9)6(7)8/h5H,2-4H2,1H3/p+1. The van der Waals surface area contributed by atoms with E-state index in [1.165, 1.54) is 0 Å². The van der Waals surface area contributed by atoms with Gasteiger partial charge in [-0.05, 0) is 17.3 Å². The second kappa shape index (κ2) is 2.60. The van der Waals surface area contributed by atoms with Crippen molar-refractivity contribution in [2.24, 2.45) is 0 Å². The first-order valence-electron chi connectivity index (χ1n) is 3.06. The third-order valence-corrected chi connectivity index (χ3v) is 4.04. The van der Waals surface area contributed by atoms with Crippen LogP contribution in [0.25, 0.3) is 0 Å². The largest absolute Gasteiger partial charge is 0.478 e. The fourth-order valence-electron chi connectivity index (χ4n) is 1.14. The van der Waals surface area contributed by atoms with Crippen molar-refractivity contribution in [2.45, 2.75) is 18.1 Å². The van der Waals surface area contributed by atoms with Crippen LogP contribution >= 0.6 is 0 Å². The third kappa shape index (κ3) is 1.39. The molecule has 2 atom stereocenters. The van der Waals surface area contributed by atoms with Gasteiger partial charge in [-0.3, -0.25) is 0 Å². The van der Waals surface area contributed by atoms with Gasteiger partial charge in [0.2, 0.25) is 5.25 Å². The number of hydrogen-bond donors (Lipinski definition) is 1. The first-order chi connectivity index (χ1) is 4.22. The summed E-state index contributed by atoms with van der Waals surface area (Å²) in [6.07, 6.45) is 4.05. The van der Waals surface area contributed by atoms with E-state index in [1.54, 1.807) is 0 Å². The highest BCUT2D eigenvalue weighted by atomic mass is 32.2. The monoisotopic (exact) mass is 147 g/mol. The molecule has 9 heavy (non-hydrogen) atoms. The molecule has 2 unspecified atom stereocenters. The highest BCUT2D eigenvalue weighted by molar-refractivity contribution is 7.97. The third-order valence-electron chi connectivity index (χ3n) is 1.69. The Kier molecular flexibility index (Phi) is 2.01. The maximum atomic E-state index is 10.4. The molecule has 1 saturated heterocycles. The molecule has 0 aromatic carbocycles. The lowest BCUT2D eigenvalue weighted by molar-refractivity contribution is -0.136. The van der Waals surface area contributed by atoms with E-state index >= 15 is 0 Å². The van der Waals surface area contributed by atoms with Crippen LogP contribution in [-0.2, 0) is 15.7 Å². The lowest BCUT2D eigenvalue weighted by Gasteiger charge is -1.98. The van der Waals surface area contributed by atoms with Crippen LogP contribution in [0.5, 0.6) is 0 Å². The van der Waals surface area contributed by atoms with Crippen LogP contribution in [0, 0.1) is 0 Å². The maximum absolute atomic E-state index is 10.4. The minimum absolute atomic E-state index is 0.0231. The summed E-state index contributed by atoms with van der Waals surface area (Å²) in [5.74, 6) is 0.523. The van der Waals surface area contributed by atoms with Gasteiger partial charge in [-0.25, -0.2) is 4.79 Å². The van der Waals surface area contributed by atoms with Crippen LogP contribution in [-0.4, -0.2) is 28.3 Å². The van der Waals surface area contributed by atoms with Crippen molar-refractivity contribution < 1.29 is 9.90 Å². The zero-order chi connectivity index (χ0) is 6.85. The number of rotatable bonds is 1. The predicted molar refractivity (Wildman–Crippen MR) is 38.8 cm³/mol. The van der Waals surface area contributed by atoms with Gasteiger partial charge in [-0.15, -0.1) is 0 Å². The van der Waals surface area contributed by atoms with E-state index in [1.807, 2.05) is 6.26 Å². The molecule has 3 heteroatoms. The molecule has 0 bridgehead atoms. The Morgan fingerprint density at radius 2 is 2.44 bits per heavy atom. The summed E-state index contributed by atoms with van der Waals surface area (Å²) < 4.78 is 0. The van der Waals surface area contributed by atoms with Crippen LogP contribution in [0.4, 0.5) is 0 Å². The quantitative estimate of drug-likeness (QED) is 0.548. The molecule has 0 amide bonds. The van der Waals surface area contributed by atoms with Crippen molar-refractivity contribution in [1.29, 1.82) is 0 Å². The Hall–Kier alpha value is -0.180. The van der Waals surface area contributed by atoms with E-state index in [2.05, 4.69) is 0 Å². The van der Waals surface area contributed by atoms with Gasteiger partial charge in [-0.2, -0.15) is 0 Å². The summed E-state index contributed by atoms with van der Waals surface area (Å²) in [5, 5.41) is 8.57. The van der Waals surface area contributed by atoms with E-state index in [0.717, 1.165) is 18.6 Å². The average Bonchev–Trinajstić information content (AvgIpc) is 2.13. The van der Waals surface area contributed by atoms with Gasteiger partial charge < -0.3 is 5.11 Å². The molecule has 0 spiro atoms. The van der Waals surface area contributed by atoms with E-state index in [0.29, 0.717) is 0 Å². The lowest BCUT2D eigenvalue weighted by Crippen LogP contribution is -2.24. The van der Waals surface area contributed by atoms with Crippen molar-refractivity contribution in [3.8, 4) is 0 Å². The van der Waals surface area contributed by atoms with Crippen LogP contribution < -0.4 is 0 Å². The summed E-state index contributed by atoms with van der Waals surface area (Å²) in [7, 11) is 0.160. The molecule has 1 rings (SSSR count). The van der Waals surface area contributed by atoms with Crippen molar-refractivity contribution in [3.63, 3.8) is 0 Å². The maximum Gasteiger partial charge on any atom is 0.356 e. The highest BCUT2D eigenvalue weighted by Crippen LogP contribution is 2.19. The summed E-state index contributed by atoms with van der Waals surface area (Å²) in [5.41, 5.74) is 0. The fourth-order valence-corrected chi connectivity index (χ4v) is 2.96. The molecule has 1 fully saturated rings. The van der Waals surface area contributed by atoms with Gasteiger partial charge in [0, 0.05) is 6.42 Å². The molecule has 0 aromatic heterocycles. The SMILES string of the molecule is C[S+]1CCCC1C(=O)O. The molecule has 0 saturated carbocycles. The Labute approximate surface area is 57.6 Å². The first-order valence-corrected chi connectivity index (χ1v) is 4.92. The molecule has 0 aliphatic carbocycles. The molecule has 0 radical (unpaired) electrons. The molecule has 1 heterocycles. The molecule has 1 N–H and O–H groups in total. The normalized spacial score (nSPS) is 34.8. The summed E-state index contributed by atoms with van der Waals surface area (Å²) in [4.78, 5) is 10.4. The zero-order valence-corrected chi connectivity index (χ0v) is 6.28. The van der Waals surface area contributed by atoms with E-state index in [4.69, 9.17) is 5.11 Å². The predicted octanol–water partition coefficient (Wildman–Crippen LogP) is 0.481. The van der Waals surface area contributed by atoms with E-state index in [-0.39, 0.29) is 16.1 Å². The van der Waals surface area contributed by atoms with Crippen LogP contribution in [0.3, 0.4) is 0 Å². The smallest absolute Gasteiger partial charge is 0.356 e. The molecule has 2 nitrogen and oxygen atoms in total. The fraction of sp³-hybridized carbons (Fsp3) is 0.833. The summed E-state index contributed by atoms with van der Waals surface area (Å²) in [6.45, 7) is 0. The van der Waals surface area contributed by atoms with Gasteiger partial charge >= 0.3 is 5.97 Å². The van der Waals surface area contributed by atoms with Gasteiger partial charge in [0.1, 0.15) is 5.75 Å². The Bertz CT molecular complexity index is 124. The zero-order valence-electron chi connectivity index (χ0n) is 5.46. The molecule has 52 valence electrons. The van der Waals surface area contributed by atoms with Gasteiger partial charge in [0.15, 0.2) is 0 Å².